The van der Waals surface area contributed by atoms with Gasteiger partial charge in [0.05, 0.1) is 25.4 Å². The Labute approximate surface area is 141 Å². The summed E-state index contributed by atoms with van der Waals surface area (Å²) >= 11 is 0. The van der Waals surface area contributed by atoms with Gasteiger partial charge in [-0.25, -0.2) is 0 Å². The van der Waals surface area contributed by atoms with Crippen LogP contribution in [0.5, 0.6) is 0 Å². The summed E-state index contributed by atoms with van der Waals surface area (Å²) in [5.41, 5.74) is 0. The Morgan fingerprint density at radius 1 is 0.913 bits per heavy atom. The molecule has 3 fully saturated rings. The summed E-state index contributed by atoms with van der Waals surface area (Å²) in [5.74, 6) is 1.84. The van der Waals surface area contributed by atoms with E-state index in [0.717, 1.165) is 25.0 Å². The molecule has 23 heavy (non-hydrogen) atoms. The third-order valence-electron chi connectivity index (χ3n) is 5.89. The lowest BCUT2D eigenvalue weighted by molar-refractivity contribution is -0.153. The van der Waals surface area contributed by atoms with Crippen molar-refractivity contribution in [2.24, 2.45) is 11.8 Å². The molecule has 1 saturated heterocycles. The summed E-state index contributed by atoms with van der Waals surface area (Å²) in [4.78, 5) is 0. The highest BCUT2D eigenvalue weighted by Gasteiger charge is 2.29. The first kappa shape index (κ1) is 17.7. The molecule has 4 heteroatoms. The van der Waals surface area contributed by atoms with Crippen molar-refractivity contribution >= 4 is 0 Å². The van der Waals surface area contributed by atoms with Gasteiger partial charge < -0.3 is 18.9 Å². The van der Waals surface area contributed by atoms with Crippen LogP contribution in [0.1, 0.15) is 64.7 Å². The van der Waals surface area contributed by atoms with E-state index in [0.29, 0.717) is 18.3 Å². The summed E-state index contributed by atoms with van der Waals surface area (Å²) in [6.07, 6.45) is 13.0. The molecule has 1 aliphatic heterocycles. The zero-order valence-electron chi connectivity index (χ0n) is 14.9. The summed E-state index contributed by atoms with van der Waals surface area (Å²) in [6, 6.07) is 0. The van der Waals surface area contributed by atoms with Gasteiger partial charge in [0, 0.05) is 7.11 Å². The van der Waals surface area contributed by atoms with Crippen LogP contribution in [0.15, 0.2) is 0 Å². The van der Waals surface area contributed by atoms with Crippen molar-refractivity contribution in [1.29, 1.82) is 0 Å². The van der Waals surface area contributed by atoms with Crippen LogP contribution in [-0.2, 0) is 18.9 Å². The number of epoxide rings is 1. The summed E-state index contributed by atoms with van der Waals surface area (Å²) in [5, 5.41) is 0. The molecule has 134 valence electrons. The topological polar surface area (TPSA) is 40.2 Å². The minimum absolute atomic E-state index is 0.0622. The molecule has 2 atom stereocenters. The maximum atomic E-state index is 5.95. The van der Waals surface area contributed by atoms with E-state index in [1.165, 1.54) is 57.8 Å². The monoisotopic (exact) mass is 326 g/mol. The van der Waals surface area contributed by atoms with Crippen molar-refractivity contribution in [2.75, 3.05) is 20.3 Å². The average Bonchev–Trinajstić information content (AvgIpc) is 3.40. The molecule has 0 amide bonds. The fourth-order valence-corrected chi connectivity index (χ4v) is 4.24. The van der Waals surface area contributed by atoms with E-state index >= 15 is 0 Å². The van der Waals surface area contributed by atoms with Crippen LogP contribution in [0.2, 0.25) is 0 Å². The van der Waals surface area contributed by atoms with Gasteiger partial charge in [0.25, 0.3) is 0 Å². The van der Waals surface area contributed by atoms with E-state index < -0.39 is 0 Å². The van der Waals surface area contributed by atoms with Crippen LogP contribution in [0.25, 0.3) is 0 Å². The third-order valence-corrected chi connectivity index (χ3v) is 5.89. The van der Waals surface area contributed by atoms with Crippen molar-refractivity contribution in [1.82, 2.24) is 0 Å². The van der Waals surface area contributed by atoms with Crippen LogP contribution in [0, 0.1) is 11.8 Å². The molecule has 1 heterocycles. The highest BCUT2D eigenvalue weighted by molar-refractivity contribution is 4.80. The molecule has 0 bridgehead atoms. The first-order valence-electron chi connectivity index (χ1n) is 9.64. The number of hydrogen-bond donors (Lipinski definition) is 0. The largest absolute Gasteiger partial charge is 0.375 e. The Hall–Kier alpha value is -0.160. The summed E-state index contributed by atoms with van der Waals surface area (Å²) in [6.45, 7) is 3.71. The van der Waals surface area contributed by atoms with Crippen molar-refractivity contribution in [3.05, 3.63) is 0 Å². The maximum absolute atomic E-state index is 5.95. The van der Waals surface area contributed by atoms with Gasteiger partial charge in [-0.15, -0.1) is 0 Å². The fraction of sp³-hybridized carbons (Fsp3) is 1.00. The fourth-order valence-electron chi connectivity index (χ4n) is 4.24. The predicted molar refractivity (Wildman–Crippen MR) is 89.4 cm³/mol. The molecule has 3 rings (SSSR count). The highest BCUT2D eigenvalue weighted by atomic mass is 16.7. The average molecular weight is 326 g/mol. The third kappa shape index (κ3) is 6.00. The molecular formula is C19H34O4. The summed E-state index contributed by atoms with van der Waals surface area (Å²) < 4.78 is 22.3. The zero-order chi connectivity index (χ0) is 16.1. The molecule has 0 aromatic heterocycles. The van der Waals surface area contributed by atoms with Gasteiger partial charge in [0.2, 0.25) is 0 Å². The molecule has 2 unspecified atom stereocenters. The minimum atomic E-state index is -0.0622. The second kappa shape index (κ2) is 8.80. The van der Waals surface area contributed by atoms with Crippen LogP contribution in [-0.4, -0.2) is 44.9 Å². The molecule has 0 radical (unpaired) electrons. The van der Waals surface area contributed by atoms with Gasteiger partial charge in [-0.1, -0.05) is 0 Å². The quantitative estimate of drug-likeness (QED) is 0.501. The van der Waals surface area contributed by atoms with E-state index in [9.17, 15) is 0 Å². The van der Waals surface area contributed by atoms with Gasteiger partial charge in [-0.3, -0.25) is 0 Å². The van der Waals surface area contributed by atoms with E-state index in [1.54, 1.807) is 7.11 Å². The van der Waals surface area contributed by atoms with Gasteiger partial charge in [-0.2, -0.15) is 0 Å². The molecule has 0 aromatic rings. The number of rotatable bonds is 8. The second-order valence-corrected chi connectivity index (χ2v) is 7.75. The SMILES string of the molecule is COC(C)OC1CCC(CC2CCC(OCC3CO3)CC2)CC1. The smallest absolute Gasteiger partial charge is 0.154 e. The lowest BCUT2D eigenvalue weighted by atomic mass is 9.76. The molecule has 0 aromatic carbocycles. The van der Waals surface area contributed by atoms with Crippen LogP contribution in [0.4, 0.5) is 0 Å². The Balaban J connectivity index is 1.27. The number of methoxy groups -OCH3 is 1. The minimum Gasteiger partial charge on any atom is -0.375 e. The van der Waals surface area contributed by atoms with Crippen LogP contribution < -0.4 is 0 Å². The Morgan fingerprint density at radius 2 is 1.48 bits per heavy atom. The molecule has 0 spiro atoms. The van der Waals surface area contributed by atoms with E-state index in [-0.39, 0.29) is 6.29 Å². The molecule has 3 aliphatic rings. The van der Waals surface area contributed by atoms with Gasteiger partial charge >= 0.3 is 0 Å². The molecule has 2 aliphatic carbocycles. The lowest BCUT2D eigenvalue weighted by Crippen LogP contribution is -2.28. The normalized spacial score (nSPS) is 39.1. The molecule has 0 N–H and O–H groups in total. The summed E-state index contributed by atoms with van der Waals surface area (Å²) in [7, 11) is 1.72. The first-order valence-corrected chi connectivity index (χ1v) is 9.64. The van der Waals surface area contributed by atoms with Crippen molar-refractivity contribution in [2.45, 2.75) is 89.3 Å². The maximum Gasteiger partial charge on any atom is 0.154 e. The van der Waals surface area contributed by atoms with Gasteiger partial charge in [-0.05, 0) is 76.5 Å². The predicted octanol–water partition coefficient (Wildman–Crippen LogP) is 3.92. The van der Waals surface area contributed by atoms with E-state index in [4.69, 9.17) is 18.9 Å². The number of ether oxygens (including phenoxy) is 4. The Kier molecular flexibility index (Phi) is 6.75. The van der Waals surface area contributed by atoms with Crippen molar-refractivity contribution in [3.8, 4) is 0 Å². The Bertz CT molecular complexity index is 328. The number of hydrogen-bond acceptors (Lipinski definition) is 4. The Morgan fingerprint density at radius 3 is 2.00 bits per heavy atom. The van der Waals surface area contributed by atoms with Gasteiger partial charge in [0.15, 0.2) is 6.29 Å². The first-order chi connectivity index (χ1) is 11.2. The second-order valence-electron chi connectivity index (χ2n) is 7.75. The molecule has 4 nitrogen and oxygen atoms in total. The van der Waals surface area contributed by atoms with Gasteiger partial charge in [0.1, 0.15) is 6.10 Å². The van der Waals surface area contributed by atoms with E-state index in [2.05, 4.69) is 0 Å². The van der Waals surface area contributed by atoms with Crippen LogP contribution >= 0.6 is 0 Å². The zero-order valence-corrected chi connectivity index (χ0v) is 14.9. The van der Waals surface area contributed by atoms with E-state index in [1.807, 2.05) is 6.92 Å². The van der Waals surface area contributed by atoms with Crippen molar-refractivity contribution < 1.29 is 18.9 Å². The molecule has 2 saturated carbocycles. The highest BCUT2D eigenvalue weighted by Crippen LogP contribution is 2.37. The molecular weight excluding hydrogens is 292 g/mol. The van der Waals surface area contributed by atoms with Crippen LogP contribution in [0.3, 0.4) is 0 Å². The van der Waals surface area contributed by atoms with Crippen molar-refractivity contribution in [3.63, 3.8) is 0 Å². The lowest BCUT2D eigenvalue weighted by Gasteiger charge is -2.34. The standard InChI is InChI=1S/C19H34O4/c1-14(20-2)23-18-9-5-16(6-10-18)11-15-3-7-17(8-4-15)21-12-19-13-22-19/h14-19H,3-13H2,1-2H3.